The molecule has 13 rings (SSSR count). The van der Waals surface area contributed by atoms with Crippen molar-refractivity contribution >= 4 is 29.1 Å². The molecule has 4 aliphatic rings. The molecule has 0 N–H and O–H groups in total. The van der Waals surface area contributed by atoms with Gasteiger partial charge in [0.15, 0.2) is 0 Å². The van der Waals surface area contributed by atoms with Crippen LogP contribution in [0.3, 0.4) is 0 Å². The van der Waals surface area contributed by atoms with E-state index in [0.717, 1.165) is 0 Å². The zero-order valence-electron chi connectivity index (χ0n) is 31.9. The second kappa shape index (κ2) is 11.4. The van der Waals surface area contributed by atoms with E-state index in [-0.39, 0.29) is 0 Å². The highest BCUT2D eigenvalue weighted by Crippen LogP contribution is 2.65. The number of hydrogen-bond donors (Lipinski definition) is 0. The fraction of sp³-hybridized carbons (Fsp3) is 0.0351. The Balaban J connectivity index is 1.10. The molecule has 0 atom stereocenters. The summed E-state index contributed by atoms with van der Waals surface area (Å²) >= 11 is 0. The third-order valence-corrected chi connectivity index (χ3v) is 17.5. The predicted octanol–water partition coefficient (Wildman–Crippen LogP) is 12.1. The van der Waals surface area contributed by atoms with Crippen LogP contribution in [0.5, 0.6) is 0 Å². The van der Waals surface area contributed by atoms with E-state index in [2.05, 4.69) is 212 Å². The van der Waals surface area contributed by atoms with E-state index in [0.29, 0.717) is 0 Å². The van der Waals surface area contributed by atoms with Crippen LogP contribution in [0.15, 0.2) is 212 Å². The van der Waals surface area contributed by atoms with Gasteiger partial charge < -0.3 is 0 Å². The van der Waals surface area contributed by atoms with Crippen LogP contribution in [0.2, 0.25) is 0 Å². The van der Waals surface area contributed by atoms with Crippen molar-refractivity contribution < 1.29 is 0 Å². The average molecular weight is 753 g/mol. The molecule has 0 heterocycles. The van der Waals surface area contributed by atoms with E-state index < -0.39 is 17.7 Å². The Morgan fingerprint density at radius 1 is 0.241 bits per heavy atom. The smallest absolute Gasteiger partial charge is 0.0725 e. The summed E-state index contributed by atoms with van der Waals surface area (Å²) in [4.78, 5) is 0. The first-order valence-electron chi connectivity index (χ1n) is 20.3. The van der Waals surface area contributed by atoms with Crippen LogP contribution in [-0.4, -0.2) is 6.30 Å². The van der Waals surface area contributed by atoms with Gasteiger partial charge in [0.25, 0.3) is 0 Å². The van der Waals surface area contributed by atoms with Crippen LogP contribution in [0.1, 0.15) is 44.5 Å². The Hall–Kier alpha value is -6.72. The van der Waals surface area contributed by atoms with Crippen molar-refractivity contribution in [3.05, 3.63) is 257 Å². The van der Waals surface area contributed by atoms with Crippen molar-refractivity contribution in [2.75, 3.05) is 0 Å². The standard InChI is InChI=1S/C57H37P/c1-58(37-17-3-2-4-18-37,38-31-33-46-44-23-9-15-29-52(44)56(54(46)35-38)48-25-11-5-19-40(48)41-20-6-12-26-49(41)56)39-32-34-47-45-24-10-16-30-53(45)57(55(47)36-39)50-27-13-7-21-42(50)43-22-8-14-28-51(43)57/h2-36H,1H2. The van der Waals surface area contributed by atoms with Crippen molar-refractivity contribution in [2.45, 2.75) is 10.8 Å². The minimum atomic E-state index is -2.48. The molecule has 0 amide bonds. The Morgan fingerprint density at radius 3 is 0.810 bits per heavy atom. The Labute approximate surface area is 339 Å². The third kappa shape index (κ3) is 3.74. The molecule has 9 aromatic rings. The lowest BCUT2D eigenvalue weighted by molar-refractivity contribution is 0.794. The lowest BCUT2D eigenvalue weighted by Crippen LogP contribution is -2.31. The highest BCUT2D eigenvalue weighted by atomic mass is 31.2. The molecule has 0 unspecified atom stereocenters. The van der Waals surface area contributed by atoms with E-state index in [4.69, 9.17) is 6.30 Å². The van der Waals surface area contributed by atoms with Crippen LogP contribution >= 0.6 is 6.89 Å². The zero-order chi connectivity index (χ0) is 38.2. The maximum Gasteiger partial charge on any atom is 0.0725 e. The molecular formula is C57H37P. The first-order valence-corrected chi connectivity index (χ1v) is 22.3. The Kier molecular flexibility index (Phi) is 6.39. The molecule has 0 aromatic heterocycles. The lowest BCUT2D eigenvalue weighted by atomic mass is 9.70. The zero-order valence-corrected chi connectivity index (χ0v) is 32.8. The SMILES string of the molecule is C=P(c1ccccc1)(c1ccc2c(c1)C1(c3ccccc3-c3ccccc31)c1ccccc1-2)c1ccc2c(c1)C1(c3ccccc3-c3ccccc31)c1ccccc1-2. The van der Waals surface area contributed by atoms with Crippen LogP contribution in [0, 0.1) is 0 Å². The summed E-state index contributed by atoms with van der Waals surface area (Å²) in [5.74, 6) is 0. The van der Waals surface area contributed by atoms with Gasteiger partial charge in [0.1, 0.15) is 0 Å². The molecule has 1 heteroatoms. The summed E-state index contributed by atoms with van der Waals surface area (Å²) in [7, 11) is 0. The Morgan fingerprint density at radius 2 is 0.500 bits per heavy atom. The summed E-state index contributed by atoms with van der Waals surface area (Å²) in [5.41, 5.74) is 20.6. The minimum Gasteiger partial charge on any atom is -0.0887 e. The first kappa shape index (κ1) is 32.4. The van der Waals surface area contributed by atoms with E-state index in [1.165, 1.54) is 105 Å². The highest BCUT2D eigenvalue weighted by Gasteiger charge is 2.53. The highest BCUT2D eigenvalue weighted by molar-refractivity contribution is 7.93. The molecule has 9 aromatic carbocycles. The first-order chi connectivity index (χ1) is 28.7. The summed E-state index contributed by atoms with van der Waals surface area (Å²) in [6, 6.07) is 80.5. The molecule has 2 spiro atoms. The second-order valence-electron chi connectivity index (χ2n) is 16.4. The number of fused-ring (bicyclic) bond motifs is 20. The summed E-state index contributed by atoms with van der Waals surface area (Å²) < 4.78 is 0. The van der Waals surface area contributed by atoms with Gasteiger partial charge in [0, 0.05) is 0 Å². The monoisotopic (exact) mass is 752 g/mol. The predicted molar refractivity (Wildman–Crippen MR) is 245 cm³/mol. The van der Waals surface area contributed by atoms with Crippen LogP contribution < -0.4 is 15.9 Å². The summed E-state index contributed by atoms with van der Waals surface area (Å²) in [6.45, 7) is -2.48. The average Bonchev–Trinajstić information content (AvgIpc) is 3.98. The molecule has 0 saturated carbocycles. The second-order valence-corrected chi connectivity index (χ2v) is 19.5. The molecule has 0 nitrogen and oxygen atoms in total. The molecule has 4 aliphatic carbocycles. The van der Waals surface area contributed by atoms with Crippen molar-refractivity contribution in [3.8, 4) is 44.5 Å². The van der Waals surface area contributed by atoms with E-state index >= 15 is 0 Å². The molecule has 0 fully saturated rings. The summed E-state index contributed by atoms with van der Waals surface area (Å²) in [5, 5.41) is 3.87. The maximum absolute atomic E-state index is 5.45. The van der Waals surface area contributed by atoms with Crippen LogP contribution in [-0.2, 0) is 10.8 Å². The van der Waals surface area contributed by atoms with E-state index in [9.17, 15) is 0 Å². The van der Waals surface area contributed by atoms with Gasteiger partial charge in [-0.25, -0.2) is 0 Å². The maximum atomic E-state index is 5.45. The molecule has 0 bridgehead atoms. The Bertz CT molecular complexity index is 2950. The van der Waals surface area contributed by atoms with E-state index in [1.807, 2.05) is 0 Å². The normalized spacial score (nSPS) is 14.9. The van der Waals surface area contributed by atoms with Crippen LogP contribution in [0.4, 0.5) is 0 Å². The quantitative estimate of drug-likeness (QED) is 0.158. The third-order valence-electron chi connectivity index (χ3n) is 14.0. The van der Waals surface area contributed by atoms with E-state index in [1.54, 1.807) is 0 Å². The van der Waals surface area contributed by atoms with Gasteiger partial charge in [-0.1, -0.05) is 206 Å². The lowest BCUT2D eigenvalue weighted by Gasteiger charge is -2.34. The van der Waals surface area contributed by atoms with Gasteiger partial charge in [-0.05, 0) is 124 Å². The van der Waals surface area contributed by atoms with Gasteiger partial charge in [0.05, 0.1) is 10.8 Å². The fourth-order valence-corrected chi connectivity index (χ4v) is 14.7. The van der Waals surface area contributed by atoms with Crippen molar-refractivity contribution in [2.24, 2.45) is 0 Å². The van der Waals surface area contributed by atoms with Gasteiger partial charge in [-0.3, -0.25) is 0 Å². The van der Waals surface area contributed by atoms with Gasteiger partial charge >= 0.3 is 0 Å². The molecule has 270 valence electrons. The van der Waals surface area contributed by atoms with Gasteiger partial charge in [-0.2, -0.15) is 0 Å². The molecule has 0 saturated heterocycles. The molecule has 0 aliphatic heterocycles. The summed E-state index contributed by atoms with van der Waals surface area (Å²) in [6.07, 6.45) is 5.45. The molecule has 58 heavy (non-hydrogen) atoms. The minimum absolute atomic E-state index is 0.419. The van der Waals surface area contributed by atoms with Gasteiger partial charge in [-0.15, -0.1) is 0 Å². The fourth-order valence-electron chi connectivity index (χ4n) is 11.8. The van der Waals surface area contributed by atoms with Crippen molar-refractivity contribution in [3.63, 3.8) is 0 Å². The molecular weight excluding hydrogens is 716 g/mol. The largest absolute Gasteiger partial charge is 0.0887 e. The molecule has 0 radical (unpaired) electrons. The number of benzene rings is 9. The van der Waals surface area contributed by atoms with Gasteiger partial charge in [0.2, 0.25) is 0 Å². The number of rotatable bonds is 3. The topological polar surface area (TPSA) is 0 Å². The van der Waals surface area contributed by atoms with Crippen molar-refractivity contribution in [1.29, 1.82) is 0 Å². The van der Waals surface area contributed by atoms with Crippen LogP contribution in [0.25, 0.3) is 44.5 Å². The van der Waals surface area contributed by atoms with Crippen molar-refractivity contribution in [1.82, 2.24) is 0 Å². The number of hydrogen-bond acceptors (Lipinski definition) is 0.